The average molecular weight is 324 g/mol. The first-order valence-electron chi connectivity index (χ1n) is 6.79. The second-order valence-corrected chi connectivity index (χ2v) is 5.68. The Bertz CT molecular complexity index is 606. The van der Waals surface area contributed by atoms with Crippen LogP contribution in [0.2, 0.25) is 0 Å². The highest BCUT2D eigenvalue weighted by atomic mass is 16.5. The molecule has 3 amide bonds. The molecule has 0 aliphatic heterocycles. The third kappa shape index (κ3) is 5.85. The van der Waals surface area contributed by atoms with Crippen molar-refractivity contribution in [3.8, 4) is 11.5 Å². The lowest BCUT2D eigenvalue weighted by Crippen LogP contribution is -2.49. The van der Waals surface area contributed by atoms with Crippen LogP contribution in [0.15, 0.2) is 18.2 Å². The first kappa shape index (κ1) is 18.3. The number of aromatic hydroxyl groups is 1. The van der Waals surface area contributed by atoms with E-state index in [1.807, 2.05) is 5.32 Å². The molecule has 8 nitrogen and oxygen atoms in total. The van der Waals surface area contributed by atoms with Crippen molar-refractivity contribution in [3.05, 3.63) is 23.8 Å². The molecule has 1 rings (SSSR count). The molecule has 8 heteroatoms. The van der Waals surface area contributed by atoms with Crippen molar-refractivity contribution in [2.24, 2.45) is 0 Å². The smallest absolute Gasteiger partial charge is 0.342 e. The molecule has 0 heterocycles. The number of carbonyl (C=O) groups is 3. The van der Waals surface area contributed by atoms with Crippen molar-refractivity contribution in [3.63, 3.8) is 0 Å². The maximum Gasteiger partial charge on any atom is 0.342 e. The van der Waals surface area contributed by atoms with E-state index in [1.54, 1.807) is 20.8 Å². The molecule has 0 aliphatic carbocycles. The van der Waals surface area contributed by atoms with Crippen molar-refractivity contribution in [2.45, 2.75) is 26.3 Å². The highest BCUT2D eigenvalue weighted by molar-refractivity contribution is 5.98. The van der Waals surface area contributed by atoms with E-state index in [9.17, 15) is 19.5 Å². The van der Waals surface area contributed by atoms with Gasteiger partial charge in [0.25, 0.3) is 5.91 Å². The number of benzene rings is 1. The van der Waals surface area contributed by atoms with Crippen molar-refractivity contribution < 1.29 is 29.0 Å². The van der Waals surface area contributed by atoms with Crippen LogP contribution in [0.4, 0.5) is 4.79 Å². The summed E-state index contributed by atoms with van der Waals surface area (Å²) in [5.41, 5.74) is -0.649. The molecule has 0 saturated carbocycles. The van der Waals surface area contributed by atoms with Gasteiger partial charge in [0, 0.05) is 5.54 Å². The average Bonchev–Trinajstić information content (AvgIpc) is 2.42. The number of para-hydroxylation sites is 1. The number of esters is 1. The zero-order valence-corrected chi connectivity index (χ0v) is 13.4. The Labute approximate surface area is 133 Å². The van der Waals surface area contributed by atoms with Gasteiger partial charge in [0.15, 0.2) is 18.1 Å². The Morgan fingerprint density at radius 3 is 2.43 bits per heavy atom. The quantitative estimate of drug-likeness (QED) is 0.717. The summed E-state index contributed by atoms with van der Waals surface area (Å²) in [6.07, 6.45) is 0. The monoisotopic (exact) mass is 324 g/mol. The third-order valence-electron chi connectivity index (χ3n) is 2.51. The zero-order chi connectivity index (χ0) is 17.6. The van der Waals surface area contributed by atoms with Crippen LogP contribution >= 0.6 is 0 Å². The highest BCUT2D eigenvalue weighted by Gasteiger charge is 2.19. The van der Waals surface area contributed by atoms with E-state index in [1.165, 1.54) is 25.3 Å². The molecule has 0 spiro atoms. The van der Waals surface area contributed by atoms with E-state index in [2.05, 4.69) is 5.32 Å². The Balaban J connectivity index is 2.57. The molecule has 0 radical (unpaired) electrons. The van der Waals surface area contributed by atoms with Crippen LogP contribution in [0.3, 0.4) is 0 Å². The van der Waals surface area contributed by atoms with Gasteiger partial charge >= 0.3 is 12.0 Å². The van der Waals surface area contributed by atoms with Crippen LogP contribution < -0.4 is 15.4 Å². The maximum absolute atomic E-state index is 11.8. The van der Waals surface area contributed by atoms with Gasteiger partial charge in [0.05, 0.1) is 7.11 Å². The number of rotatable bonds is 4. The van der Waals surface area contributed by atoms with E-state index < -0.39 is 30.1 Å². The van der Waals surface area contributed by atoms with Gasteiger partial charge in [0.2, 0.25) is 0 Å². The van der Waals surface area contributed by atoms with Crippen LogP contribution in [0, 0.1) is 0 Å². The first-order valence-corrected chi connectivity index (χ1v) is 6.79. The van der Waals surface area contributed by atoms with Gasteiger partial charge in [0.1, 0.15) is 5.56 Å². The number of ether oxygens (including phenoxy) is 2. The Kier molecular flexibility index (Phi) is 5.94. The maximum atomic E-state index is 11.8. The van der Waals surface area contributed by atoms with Gasteiger partial charge in [-0.1, -0.05) is 6.07 Å². The molecule has 0 unspecified atom stereocenters. The van der Waals surface area contributed by atoms with Crippen LogP contribution in [0.1, 0.15) is 31.1 Å². The van der Waals surface area contributed by atoms with Gasteiger partial charge in [-0.2, -0.15) is 0 Å². The van der Waals surface area contributed by atoms with E-state index in [0.29, 0.717) is 0 Å². The second-order valence-electron chi connectivity index (χ2n) is 5.68. The first-order chi connectivity index (χ1) is 10.6. The molecule has 0 aliphatic rings. The second kappa shape index (κ2) is 7.48. The summed E-state index contributed by atoms with van der Waals surface area (Å²) in [5.74, 6) is -1.98. The number of methoxy groups -OCH3 is 1. The van der Waals surface area contributed by atoms with E-state index in [0.717, 1.165) is 0 Å². The zero-order valence-electron chi connectivity index (χ0n) is 13.4. The van der Waals surface area contributed by atoms with E-state index in [-0.39, 0.29) is 17.1 Å². The molecule has 0 bridgehead atoms. The molecular formula is C15H20N2O6. The summed E-state index contributed by atoms with van der Waals surface area (Å²) >= 11 is 0. The summed E-state index contributed by atoms with van der Waals surface area (Å²) in [7, 11) is 1.34. The molecule has 3 N–H and O–H groups in total. The lowest BCUT2D eigenvalue weighted by molar-refractivity contribution is -0.123. The number of carbonyl (C=O) groups excluding carboxylic acids is 3. The predicted octanol–water partition coefficient (Wildman–Crippen LogP) is 1.18. The normalized spacial score (nSPS) is 10.6. The molecular weight excluding hydrogens is 304 g/mol. The number of phenols is 1. The van der Waals surface area contributed by atoms with Crippen molar-refractivity contribution in [1.29, 1.82) is 0 Å². The van der Waals surface area contributed by atoms with Crippen molar-refractivity contribution >= 4 is 17.9 Å². The SMILES string of the molecule is COc1cccc(C(=O)OCC(=O)NC(=O)NC(C)(C)C)c1O. The summed E-state index contributed by atoms with van der Waals surface area (Å²) in [5, 5.41) is 14.4. The number of nitrogens with one attached hydrogen (secondary N) is 2. The molecule has 0 aromatic heterocycles. The molecule has 0 atom stereocenters. The lowest BCUT2D eigenvalue weighted by atomic mass is 10.1. The summed E-state index contributed by atoms with van der Waals surface area (Å²) in [4.78, 5) is 34.9. The Hall–Kier alpha value is -2.77. The minimum atomic E-state index is -0.909. The highest BCUT2D eigenvalue weighted by Crippen LogP contribution is 2.29. The molecule has 1 aromatic carbocycles. The topological polar surface area (TPSA) is 114 Å². The van der Waals surface area contributed by atoms with Crippen molar-refractivity contribution in [1.82, 2.24) is 10.6 Å². The number of phenolic OH excluding ortho intramolecular Hbond substituents is 1. The fraction of sp³-hybridized carbons (Fsp3) is 0.400. The molecule has 0 fully saturated rings. The molecule has 23 heavy (non-hydrogen) atoms. The van der Waals surface area contributed by atoms with Gasteiger partial charge in [-0.15, -0.1) is 0 Å². The molecule has 126 valence electrons. The molecule has 0 saturated heterocycles. The van der Waals surface area contributed by atoms with E-state index >= 15 is 0 Å². The lowest BCUT2D eigenvalue weighted by Gasteiger charge is -2.20. The summed E-state index contributed by atoms with van der Waals surface area (Å²) in [6.45, 7) is 4.60. The summed E-state index contributed by atoms with van der Waals surface area (Å²) in [6, 6.07) is 3.59. The van der Waals surface area contributed by atoms with Crippen molar-refractivity contribution in [2.75, 3.05) is 13.7 Å². The van der Waals surface area contributed by atoms with Crippen LogP contribution in [0.5, 0.6) is 11.5 Å². The van der Waals surface area contributed by atoms with Gasteiger partial charge < -0.3 is 19.9 Å². The summed E-state index contributed by atoms with van der Waals surface area (Å²) < 4.78 is 9.63. The minimum absolute atomic E-state index is 0.105. The number of imide groups is 1. The minimum Gasteiger partial charge on any atom is -0.504 e. The Morgan fingerprint density at radius 1 is 1.22 bits per heavy atom. The van der Waals surface area contributed by atoms with Gasteiger partial charge in [-0.3, -0.25) is 10.1 Å². The number of amides is 3. The van der Waals surface area contributed by atoms with Crippen LogP contribution in [-0.4, -0.2) is 42.3 Å². The number of hydrogen-bond acceptors (Lipinski definition) is 6. The third-order valence-corrected chi connectivity index (χ3v) is 2.51. The fourth-order valence-corrected chi connectivity index (χ4v) is 1.60. The number of urea groups is 1. The largest absolute Gasteiger partial charge is 0.504 e. The van der Waals surface area contributed by atoms with Gasteiger partial charge in [-0.25, -0.2) is 9.59 Å². The predicted molar refractivity (Wildman–Crippen MR) is 81.4 cm³/mol. The fourth-order valence-electron chi connectivity index (χ4n) is 1.60. The van der Waals surface area contributed by atoms with E-state index in [4.69, 9.17) is 9.47 Å². The standard InChI is InChI=1S/C15H20N2O6/c1-15(2,3)17-14(21)16-11(18)8-23-13(20)9-6-5-7-10(22-4)12(9)19/h5-7,19H,8H2,1-4H3,(H2,16,17,18,21). The van der Waals surface area contributed by atoms with Gasteiger partial charge in [-0.05, 0) is 32.9 Å². The molecule has 1 aromatic rings. The Morgan fingerprint density at radius 2 is 1.87 bits per heavy atom. The van der Waals surface area contributed by atoms with Crippen LogP contribution in [0.25, 0.3) is 0 Å². The number of hydrogen-bond donors (Lipinski definition) is 3. The van der Waals surface area contributed by atoms with Crippen LogP contribution in [-0.2, 0) is 9.53 Å².